The Balaban J connectivity index is 4.69. The fourth-order valence-corrected chi connectivity index (χ4v) is 1.68. The second-order valence-electron chi connectivity index (χ2n) is 6.16. The number of carbonyl (C=O) groups is 2. The van der Waals surface area contributed by atoms with Crippen LogP contribution in [0.25, 0.3) is 0 Å². The molecule has 0 rings (SSSR count). The zero-order valence-electron chi connectivity index (χ0n) is 12.3. The van der Waals surface area contributed by atoms with Gasteiger partial charge in [-0.1, -0.05) is 34.6 Å². The fraction of sp³-hybridized carbons (Fsp3) is 0.846. The van der Waals surface area contributed by atoms with Crippen LogP contribution in [0.4, 0.5) is 0 Å². The standard InChI is InChI=1S/C13H27N3O2/c1-8(2)7-9(14)11(17)16-10(12(18)15-6)13(3,4)5/h8-10H,7,14H2,1-6H3,(H,15,18)(H,16,17). The normalized spacial score (nSPS) is 15.1. The van der Waals surface area contributed by atoms with E-state index in [9.17, 15) is 9.59 Å². The van der Waals surface area contributed by atoms with E-state index in [4.69, 9.17) is 5.73 Å². The average Bonchev–Trinajstić information content (AvgIpc) is 2.21. The van der Waals surface area contributed by atoms with Crippen LogP contribution < -0.4 is 16.4 Å². The Morgan fingerprint density at radius 3 is 2.00 bits per heavy atom. The van der Waals surface area contributed by atoms with Crippen LogP contribution in [-0.2, 0) is 9.59 Å². The summed E-state index contributed by atoms with van der Waals surface area (Å²) in [5.74, 6) is -0.126. The van der Waals surface area contributed by atoms with Crippen LogP contribution in [0.1, 0.15) is 41.0 Å². The first-order valence-electron chi connectivity index (χ1n) is 6.37. The van der Waals surface area contributed by atoms with Gasteiger partial charge in [0.15, 0.2) is 0 Å². The minimum absolute atomic E-state index is 0.201. The highest BCUT2D eigenvalue weighted by atomic mass is 16.2. The van der Waals surface area contributed by atoms with Crippen molar-refractivity contribution < 1.29 is 9.59 Å². The molecule has 0 radical (unpaired) electrons. The molecule has 0 aromatic heterocycles. The van der Waals surface area contributed by atoms with Crippen molar-refractivity contribution in [3.8, 4) is 0 Å². The van der Waals surface area contributed by atoms with E-state index in [2.05, 4.69) is 10.6 Å². The molecule has 5 nitrogen and oxygen atoms in total. The lowest BCUT2D eigenvalue weighted by molar-refractivity contribution is -0.132. The number of amides is 2. The number of hydrogen-bond donors (Lipinski definition) is 3. The summed E-state index contributed by atoms with van der Waals surface area (Å²) in [6.45, 7) is 9.73. The van der Waals surface area contributed by atoms with Crippen LogP contribution in [0.3, 0.4) is 0 Å². The first-order valence-corrected chi connectivity index (χ1v) is 6.37. The number of carbonyl (C=O) groups excluding carboxylic acids is 2. The molecule has 18 heavy (non-hydrogen) atoms. The van der Waals surface area contributed by atoms with Gasteiger partial charge in [-0.15, -0.1) is 0 Å². The van der Waals surface area contributed by atoms with Crippen LogP contribution in [0, 0.1) is 11.3 Å². The summed E-state index contributed by atoms with van der Waals surface area (Å²) >= 11 is 0. The molecule has 0 heterocycles. The Bertz CT molecular complexity index is 295. The lowest BCUT2D eigenvalue weighted by Crippen LogP contribution is -2.56. The van der Waals surface area contributed by atoms with Crippen LogP contribution in [0.15, 0.2) is 0 Å². The van der Waals surface area contributed by atoms with Crippen LogP contribution in [-0.4, -0.2) is 30.9 Å². The van der Waals surface area contributed by atoms with E-state index in [1.807, 2.05) is 34.6 Å². The zero-order valence-corrected chi connectivity index (χ0v) is 12.3. The molecule has 0 saturated carbocycles. The molecular formula is C13H27N3O2. The molecule has 0 spiro atoms. The average molecular weight is 257 g/mol. The van der Waals surface area contributed by atoms with Crippen molar-refractivity contribution in [2.75, 3.05) is 7.05 Å². The highest BCUT2D eigenvalue weighted by Gasteiger charge is 2.33. The van der Waals surface area contributed by atoms with E-state index in [-0.39, 0.29) is 17.2 Å². The van der Waals surface area contributed by atoms with Gasteiger partial charge in [0.25, 0.3) is 0 Å². The van der Waals surface area contributed by atoms with Gasteiger partial charge >= 0.3 is 0 Å². The maximum atomic E-state index is 11.9. The Kier molecular flexibility index (Phi) is 6.32. The Morgan fingerprint density at radius 1 is 1.17 bits per heavy atom. The molecule has 2 amide bonds. The van der Waals surface area contributed by atoms with Crippen LogP contribution >= 0.6 is 0 Å². The lowest BCUT2D eigenvalue weighted by Gasteiger charge is -2.31. The third kappa shape index (κ3) is 5.49. The van der Waals surface area contributed by atoms with E-state index < -0.39 is 12.1 Å². The topological polar surface area (TPSA) is 84.2 Å². The van der Waals surface area contributed by atoms with Crippen molar-refractivity contribution in [2.24, 2.45) is 17.1 Å². The molecule has 4 N–H and O–H groups in total. The van der Waals surface area contributed by atoms with Crippen molar-refractivity contribution in [3.05, 3.63) is 0 Å². The molecule has 0 aromatic rings. The summed E-state index contributed by atoms with van der Waals surface area (Å²) in [5, 5.41) is 5.30. The molecule has 5 heteroatoms. The second-order valence-corrected chi connectivity index (χ2v) is 6.16. The van der Waals surface area contributed by atoms with Gasteiger partial charge in [-0.3, -0.25) is 9.59 Å². The Hall–Kier alpha value is -1.10. The van der Waals surface area contributed by atoms with Crippen LogP contribution in [0.5, 0.6) is 0 Å². The van der Waals surface area contributed by atoms with E-state index in [1.165, 1.54) is 0 Å². The molecular weight excluding hydrogens is 230 g/mol. The van der Waals surface area contributed by atoms with Crippen molar-refractivity contribution in [2.45, 2.75) is 53.1 Å². The summed E-state index contributed by atoms with van der Waals surface area (Å²) in [6, 6.07) is -1.15. The molecule has 0 fully saturated rings. The molecule has 106 valence electrons. The lowest BCUT2D eigenvalue weighted by atomic mass is 9.85. The Labute approximate surface area is 110 Å². The molecule has 0 bridgehead atoms. The molecule has 0 aliphatic carbocycles. The van der Waals surface area contributed by atoms with E-state index in [1.54, 1.807) is 7.05 Å². The Morgan fingerprint density at radius 2 is 1.67 bits per heavy atom. The van der Waals surface area contributed by atoms with Gasteiger partial charge in [0.2, 0.25) is 11.8 Å². The van der Waals surface area contributed by atoms with Gasteiger partial charge in [0.1, 0.15) is 6.04 Å². The summed E-state index contributed by atoms with van der Waals surface area (Å²) < 4.78 is 0. The third-order valence-electron chi connectivity index (χ3n) is 2.72. The van der Waals surface area contributed by atoms with E-state index in [0.29, 0.717) is 12.3 Å². The number of hydrogen-bond acceptors (Lipinski definition) is 3. The fourth-order valence-electron chi connectivity index (χ4n) is 1.68. The minimum atomic E-state index is -0.576. The molecule has 2 atom stereocenters. The van der Waals surface area contributed by atoms with Gasteiger partial charge in [0.05, 0.1) is 6.04 Å². The largest absolute Gasteiger partial charge is 0.357 e. The van der Waals surface area contributed by atoms with Crippen molar-refractivity contribution in [1.29, 1.82) is 0 Å². The number of nitrogens with two attached hydrogens (primary N) is 1. The smallest absolute Gasteiger partial charge is 0.242 e. The van der Waals surface area contributed by atoms with E-state index in [0.717, 1.165) is 0 Å². The summed E-state index contributed by atoms with van der Waals surface area (Å²) in [6.07, 6.45) is 0.608. The quantitative estimate of drug-likeness (QED) is 0.675. The van der Waals surface area contributed by atoms with Gasteiger partial charge in [0, 0.05) is 7.05 Å². The maximum Gasteiger partial charge on any atom is 0.242 e. The highest BCUT2D eigenvalue weighted by Crippen LogP contribution is 2.19. The molecule has 0 aliphatic rings. The summed E-state index contributed by atoms with van der Waals surface area (Å²) in [7, 11) is 1.56. The third-order valence-corrected chi connectivity index (χ3v) is 2.72. The predicted octanol–water partition coefficient (Wildman–Crippen LogP) is 0.637. The second kappa shape index (κ2) is 6.73. The first kappa shape index (κ1) is 16.9. The van der Waals surface area contributed by atoms with Crippen molar-refractivity contribution in [3.63, 3.8) is 0 Å². The summed E-state index contributed by atoms with van der Waals surface area (Å²) in [5.41, 5.74) is 5.45. The number of rotatable bonds is 5. The highest BCUT2D eigenvalue weighted by molar-refractivity contribution is 5.90. The van der Waals surface area contributed by atoms with Crippen molar-refractivity contribution in [1.82, 2.24) is 10.6 Å². The first-order chi connectivity index (χ1) is 8.09. The maximum absolute atomic E-state index is 11.9. The summed E-state index contributed by atoms with van der Waals surface area (Å²) in [4.78, 5) is 23.7. The number of nitrogens with one attached hydrogen (secondary N) is 2. The predicted molar refractivity (Wildman–Crippen MR) is 72.9 cm³/mol. The van der Waals surface area contributed by atoms with Crippen LogP contribution in [0.2, 0.25) is 0 Å². The van der Waals surface area contributed by atoms with Crippen molar-refractivity contribution >= 4 is 11.8 Å². The van der Waals surface area contributed by atoms with E-state index >= 15 is 0 Å². The molecule has 0 aliphatic heterocycles. The minimum Gasteiger partial charge on any atom is -0.357 e. The number of likely N-dealkylation sites (N-methyl/N-ethyl adjacent to an activating group) is 1. The van der Waals surface area contributed by atoms with Gasteiger partial charge in [-0.25, -0.2) is 0 Å². The van der Waals surface area contributed by atoms with Gasteiger partial charge in [-0.2, -0.15) is 0 Å². The molecule has 2 unspecified atom stereocenters. The van der Waals surface area contributed by atoms with Gasteiger partial charge < -0.3 is 16.4 Å². The molecule has 0 saturated heterocycles. The SMILES string of the molecule is CNC(=O)C(NC(=O)C(N)CC(C)C)C(C)(C)C. The zero-order chi connectivity index (χ0) is 14.5. The van der Waals surface area contributed by atoms with Gasteiger partial charge in [-0.05, 0) is 17.8 Å². The molecule has 0 aromatic carbocycles. The monoisotopic (exact) mass is 257 g/mol.